The summed E-state index contributed by atoms with van der Waals surface area (Å²) in [7, 11) is 0. The summed E-state index contributed by atoms with van der Waals surface area (Å²) < 4.78 is 0. The largest absolute Gasteiger partial charge is 0.103 e. The molecule has 1 rings (SSSR count). The maximum Gasteiger partial charge on any atom is -0.0360 e. The monoisotopic (exact) mass is 451 g/mol. The summed E-state index contributed by atoms with van der Waals surface area (Å²) >= 11 is 0. The lowest BCUT2D eigenvalue weighted by molar-refractivity contribution is 0.132. The first-order valence-corrected chi connectivity index (χ1v) is 14.8. The van der Waals surface area contributed by atoms with Crippen LogP contribution < -0.4 is 0 Å². The zero-order valence-corrected chi connectivity index (χ0v) is 27.3. The number of hydrogen-bond donors (Lipinski definition) is 0. The summed E-state index contributed by atoms with van der Waals surface area (Å²) in [5, 5.41) is 0. The normalized spacial score (nSPS) is 10.1. The van der Waals surface area contributed by atoms with E-state index < -0.39 is 0 Å². The van der Waals surface area contributed by atoms with Gasteiger partial charge in [-0.05, 0) is 24.7 Å². The van der Waals surface area contributed by atoms with Crippen molar-refractivity contribution >= 4 is 0 Å². The van der Waals surface area contributed by atoms with Crippen LogP contribution in [0.1, 0.15) is 177 Å². The van der Waals surface area contributed by atoms with Gasteiger partial charge in [-0.2, -0.15) is 0 Å². The summed E-state index contributed by atoms with van der Waals surface area (Å²) in [6.07, 6.45) is 10.5. The standard InChI is InChI=1S/C12H24.C3H6.8C2H6/c1-4-10(5-2)12(6-3)11-8-7-9-11;1-3-2;8*1-2/h10-12H,4-9H2,1-3H3;3H,1H2,2H3;8*1-2H3. The highest BCUT2D eigenvalue weighted by Gasteiger charge is 2.29. The van der Waals surface area contributed by atoms with Gasteiger partial charge in [0.1, 0.15) is 0 Å². The fourth-order valence-electron chi connectivity index (χ4n) is 2.81. The first-order chi connectivity index (χ1) is 15.2. The molecule has 1 atom stereocenters. The molecule has 1 fully saturated rings. The first kappa shape index (κ1) is 57.5. The second kappa shape index (κ2) is 99.2. The van der Waals surface area contributed by atoms with E-state index in [1.54, 1.807) is 6.08 Å². The predicted octanol–water partition coefficient (Wildman–Crippen LogP) is 13.7. The second-order valence-electron chi connectivity index (χ2n) is 4.75. The van der Waals surface area contributed by atoms with Crippen molar-refractivity contribution in [2.45, 2.75) is 177 Å². The molecule has 0 aromatic carbocycles. The second-order valence-corrected chi connectivity index (χ2v) is 4.75. The Bertz CT molecular complexity index is 140. The third-order valence-electron chi connectivity index (χ3n) is 3.88. The summed E-state index contributed by atoms with van der Waals surface area (Å²) in [6.45, 7) is 44.3. The topological polar surface area (TPSA) is 0 Å². The molecule has 0 spiro atoms. The van der Waals surface area contributed by atoms with Crippen LogP contribution in [0.3, 0.4) is 0 Å². The molecule has 0 bridgehead atoms. The molecular formula is C31H78. The van der Waals surface area contributed by atoms with Gasteiger partial charge in [-0.25, -0.2) is 0 Å². The van der Waals surface area contributed by atoms with E-state index in [1.807, 2.05) is 118 Å². The van der Waals surface area contributed by atoms with Crippen molar-refractivity contribution in [3.05, 3.63) is 12.7 Å². The Morgan fingerprint density at radius 1 is 0.581 bits per heavy atom. The van der Waals surface area contributed by atoms with Crippen LogP contribution >= 0.6 is 0 Å². The van der Waals surface area contributed by atoms with Crippen molar-refractivity contribution in [3.8, 4) is 0 Å². The van der Waals surface area contributed by atoms with Crippen LogP contribution in [0, 0.1) is 17.8 Å². The summed E-state index contributed by atoms with van der Waals surface area (Å²) in [5.41, 5.74) is 0. The molecule has 0 saturated heterocycles. The molecule has 0 amide bonds. The van der Waals surface area contributed by atoms with Crippen LogP contribution in [-0.2, 0) is 0 Å². The molecule has 1 aliphatic rings. The Morgan fingerprint density at radius 3 is 0.903 bits per heavy atom. The molecule has 0 heterocycles. The van der Waals surface area contributed by atoms with Crippen molar-refractivity contribution in [3.63, 3.8) is 0 Å². The van der Waals surface area contributed by atoms with Gasteiger partial charge in [0.15, 0.2) is 0 Å². The number of allylic oxidation sites excluding steroid dienone is 1. The first-order valence-electron chi connectivity index (χ1n) is 14.8. The average Bonchev–Trinajstić information content (AvgIpc) is 2.88. The molecule has 31 heavy (non-hydrogen) atoms. The minimum absolute atomic E-state index is 1.01. The van der Waals surface area contributed by atoms with Crippen molar-refractivity contribution in [1.29, 1.82) is 0 Å². The minimum Gasteiger partial charge on any atom is -0.103 e. The summed E-state index contributed by atoms with van der Waals surface area (Å²) in [5.74, 6) is 3.16. The van der Waals surface area contributed by atoms with Gasteiger partial charge in [-0.15, -0.1) is 6.58 Å². The highest BCUT2D eigenvalue weighted by Crippen LogP contribution is 2.40. The van der Waals surface area contributed by atoms with E-state index in [-0.39, 0.29) is 0 Å². The van der Waals surface area contributed by atoms with E-state index >= 15 is 0 Å². The Kier molecular flexibility index (Phi) is 184. The molecule has 202 valence electrons. The summed E-state index contributed by atoms with van der Waals surface area (Å²) in [6, 6.07) is 0. The molecule has 0 aromatic rings. The van der Waals surface area contributed by atoms with E-state index in [4.69, 9.17) is 0 Å². The lowest BCUT2D eigenvalue weighted by Gasteiger charge is -2.37. The van der Waals surface area contributed by atoms with Gasteiger partial charge in [0.05, 0.1) is 0 Å². The fourth-order valence-corrected chi connectivity index (χ4v) is 2.81. The quantitative estimate of drug-likeness (QED) is 0.365. The van der Waals surface area contributed by atoms with Crippen LogP contribution in [0.5, 0.6) is 0 Å². The zero-order valence-electron chi connectivity index (χ0n) is 27.3. The number of rotatable bonds is 5. The maximum atomic E-state index is 3.36. The van der Waals surface area contributed by atoms with Gasteiger partial charge in [-0.1, -0.05) is 176 Å². The smallest absolute Gasteiger partial charge is 0.0360 e. The van der Waals surface area contributed by atoms with Gasteiger partial charge >= 0.3 is 0 Å². The molecule has 0 heteroatoms. The third kappa shape index (κ3) is 58.7. The van der Waals surface area contributed by atoms with Crippen molar-refractivity contribution in [2.24, 2.45) is 17.8 Å². The Morgan fingerprint density at radius 2 is 0.806 bits per heavy atom. The van der Waals surface area contributed by atoms with E-state index in [9.17, 15) is 0 Å². The van der Waals surface area contributed by atoms with Crippen LogP contribution in [0.25, 0.3) is 0 Å². The zero-order chi connectivity index (χ0) is 27.7. The van der Waals surface area contributed by atoms with E-state index in [0.717, 1.165) is 17.8 Å². The van der Waals surface area contributed by atoms with E-state index in [0.29, 0.717) is 0 Å². The molecule has 0 N–H and O–H groups in total. The molecule has 0 radical (unpaired) electrons. The van der Waals surface area contributed by atoms with E-state index in [1.165, 1.54) is 38.5 Å². The molecule has 0 aromatic heterocycles. The Labute approximate surface area is 207 Å². The lowest BCUT2D eigenvalue weighted by Crippen LogP contribution is -2.27. The lowest BCUT2D eigenvalue weighted by atomic mass is 9.68. The van der Waals surface area contributed by atoms with Gasteiger partial charge in [0.2, 0.25) is 0 Å². The van der Waals surface area contributed by atoms with Gasteiger partial charge in [-0.3, -0.25) is 0 Å². The molecule has 1 saturated carbocycles. The third-order valence-corrected chi connectivity index (χ3v) is 3.88. The van der Waals surface area contributed by atoms with Crippen molar-refractivity contribution < 1.29 is 0 Å². The van der Waals surface area contributed by atoms with Crippen molar-refractivity contribution in [1.82, 2.24) is 0 Å². The summed E-state index contributed by atoms with van der Waals surface area (Å²) in [4.78, 5) is 0. The Hall–Kier alpha value is -0.260. The maximum absolute atomic E-state index is 3.36. The molecule has 1 unspecified atom stereocenters. The highest BCUT2D eigenvalue weighted by atomic mass is 14.3. The molecule has 0 aliphatic heterocycles. The molecular weight excluding hydrogens is 372 g/mol. The predicted molar refractivity (Wildman–Crippen MR) is 162 cm³/mol. The van der Waals surface area contributed by atoms with Gasteiger partial charge < -0.3 is 0 Å². The van der Waals surface area contributed by atoms with E-state index in [2.05, 4.69) is 27.4 Å². The Balaban J connectivity index is -0.0000000308. The number of hydrogen-bond acceptors (Lipinski definition) is 0. The SMILES string of the molecule is C=CC.CC.CC.CC.CC.CC.CC.CC.CC.CCC(CC)C(CC)C1CCC1. The van der Waals surface area contributed by atoms with Crippen LogP contribution in [0.4, 0.5) is 0 Å². The van der Waals surface area contributed by atoms with Crippen molar-refractivity contribution in [2.75, 3.05) is 0 Å². The molecule has 0 nitrogen and oxygen atoms in total. The fraction of sp³-hybridized carbons (Fsp3) is 0.935. The van der Waals surface area contributed by atoms with Crippen LogP contribution in [0.15, 0.2) is 12.7 Å². The minimum atomic E-state index is 1.01. The van der Waals surface area contributed by atoms with Gasteiger partial charge in [0, 0.05) is 0 Å². The highest BCUT2D eigenvalue weighted by molar-refractivity contribution is 4.80. The van der Waals surface area contributed by atoms with Crippen LogP contribution in [-0.4, -0.2) is 0 Å². The molecule has 1 aliphatic carbocycles. The average molecular weight is 451 g/mol. The van der Waals surface area contributed by atoms with Crippen LogP contribution in [0.2, 0.25) is 0 Å². The van der Waals surface area contributed by atoms with Gasteiger partial charge in [0.25, 0.3) is 0 Å².